The third kappa shape index (κ3) is 3.09. The lowest BCUT2D eigenvalue weighted by atomic mass is 9.77. The van der Waals surface area contributed by atoms with Gasteiger partial charge in [0.25, 0.3) is 5.91 Å². The Balaban J connectivity index is 1.27. The zero-order valence-corrected chi connectivity index (χ0v) is 20.8. The van der Waals surface area contributed by atoms with Crippen LogP contribution < -0.4 is 5.32 Å². The van der Waals surface area contributed by atoms with Crippen molar-refractivity contribution in [2.24, 2.45) is 5.92 Å². The number of carbonyl (C=O) groups is 1. The van der Waals surface area contributed by atoms with Gasteiger partial charge in [-0.25, -0.2) is 0 Å². The number of nitrogens with zero attached hydrogens (tertiary/aromatic N) is 1. The summed E-state index contributed by atoms with van der Waals surface area (Å²) in [7, 11) is 0. The molecule has 1 aliphatic carbocycles. The van der Waals surface area contributed by atoms with Gasteiger partial charge in [-0.05, 0) is 65.7 Å². The largest absolute Gasteiger partial charge is 0.354 e. The molecule has 5 aromatic rings. The molecule has 4 nitrogen and oxygen atoms in total. The average Bonchev–Trinajstić information content (AvgIpc) is 3.61. The summed E-state index contributed by atoms with van der Waals surface area (Å²) in [5.41, 5.74) is 11.0. The second-order valence-corrected chi connectivity index (χ2v) is 10.9. The van der Waals surface area contributed by atoms with Crippen LogP contribution >= 0.6 is 0 Å². The molecular weight excluding hydrogens is 454 g/mol. The predicted octanol–water partition coefficient (Wildman–Crippen LogP) is 6.59. The Morgan fingerprint density at radius 3 is 2.46 bits per heavy atom. The standard InChI is InChI=1S/C33H29N3O/c37-33-30-25(18-34-33)28-24-12-6-7-13-26(24)35-32(28)31-27(22-10-4-5-11-23(22)29(30)31)21-14-16-36(17-15-21)19-20-8-2-1-3-9-20/h1-13,21,27,35H,14-19H2,(H,34,37). The average molecular weight is 484 g/mol. The highest BCUT2D eigenvalue weighted by atomic mass is 16.1. The van der Waals surface area contributed by atoms with Gasteiger partial charge in [-0.3, -0.25) is 9.69 Å². The van der Waals surface area contributed by atoms with Crippen LogP contribution in [0.5, 0.6) is 0 Å². The van der Waals surface area contributed by atoms with Crippen molar-refractivity contribution in [3.63, 3.8) is 0 Å². The number of rotatable bonds is 3. The molecule has 3 heterocycles. The fraction of sp³-hybridized carbons (Fsp3) is 0.242. The van der Waals surface area contributed by atoms with E-state index in [1.54, 1.807) is 0 Å². The Bertz CT molecular complexity index is 1690. The third-order valence-corrected chi connectivity index (χ3v) is 8.98. The van der Waals surface area contributed by atoms with E-state index in [0.29, 0.717) is 18.4 Å². The summed E-state index contributed by atoms with van der Waals surface area (Å²) >= 11 is 0. The summed E-state index contributed by atoms with van der Waals surface area (Å²) in [6, 6.07) is 28.2. The van der Waals surface area contributed by atoms with Crippen molar-refractivity contribution in [2.75, 3.05) is 13.1 Å². The second kappa shape index (κ2) is 8.06. The Kier molecular flexibility index (Phi) is 4.62. The summed E-state index contributed by atoms with van der Waals surface area (Å²) in [4.78, 5) is 19.7. The fourth-order valence-corrected chi connectivity index (χ4v) is 7.40. The molecule has 2 aliphatic heterocycles. The van der Waals surface area contributed by atoms with Crippen LogP contribution in [-0.4, -0.2) is 28.9 Å². The maximum Gasteiger partial charge on any atom is 0.252 e. The number of hydrogen-bond acceptors (Lipinski definition) is 2. The Morgan fingerprint density at radius 2 is 1.59 bits per heavy atom. The first kappa shape index (κ1) is 21.2. The highest BCUT2D eigenvalue weighted by Gasteiger charge is 2.42. The van der Waals surface area contributed by atoms with Gasteiger partial charge in [0.05, 0.1) is 11.1 Å². The van der Waals surface area contributed by atoms with E-state index in [1.165, 1.54) is 44.1 Å². The molecule has 1 aromatic heterocycles. The van der Waals surface area contributed by atoms with E-state index < -0.39 is 0 Å². The number of piperidine rings is 1. The van der Waals surface area contributed by atoms with Gasteiger partial charge in [0.1, 0.15) is 0 Å². The molecule has 0 spiro atoms. The lowest BCUT2D eigenvalue weighted by Gasteiger charge is -2.35. The van der Waals surface area contributed by atoms with Crippen LogP contribution in [0.4, 0.5) is 0 Å². The molecule has 4 heteroatoms. The molecule has 3 aliphatic rings. The summed E-state index contributed by atoms with van der Waals surface area (Å²) in [5, 5.41) is 5.62. The molecule has 182 valence electrons. The molecule has 0 radical (unpaired) electrons. The SMILES string of the molecule is O=C1NCc2c1c1c(c3[nH]c4ccccc4c23)C(C2CCN(Cc3ccccc3)CC2)c2ccccc2-1. The molecular formula is C33H29N3O. The number of benzene rings is 4. The number of fused-ring (bicyclic) bond motifs is 10. The van der Waals surface area contributed by atoms with E-state index in [2.05, 4.69) is 94.1 Å². The molecule has 4 aromatic carbocycles. The van der Waals surface area contributed by atoms with Crippen LogP contribution in [-0.2, 0) is 13.1 Å². The molecule has 1 amide bonds. The van der Waals surface area contributed by atoms with Crippen LogP contribution in [0.2, 0.25) is 0 Å². The Morgan fingerprint density at radius 1 is 0.838 bits per heavy atom. The first-order valence-corrected chi connectivity index (χ1v) is 13.5. The van der Waals surface area contributed by atoms with Crippen molar-refractivity contribution in [1.29, 1.82) is 0 Å². The number of aromatic amines is 1. The van der Waals surface area contributed by atoms with Gasteiger partial charge in [0.15, 0.2) is 0 Å². The van der Waals surface area contributed by atoms with E-state index >= 15 is 0 Å². The van der Waals surface area contributed by atoms with Gasteiger partial charge in [-0.15, -0.1) is 0 Å². The molecule has 37 heavy (non-hydrogen) atoms. The van der Waals surface area contributed by atoms with Gasteiger partial charge in [-0.1, -0.05) is 72.8 Å². The van der Waals surface area contributed by atoms with E-state index in [1.807, 2.05) is 0 Å². The van der Waals surface area contributed by atoms with Crippen molar-refractivity contribution in [2.45, 2.75) is 31.8 Å². The topological polar surface area (TPSA) is 48.1 Å². The predicted molar refractivity (Wildman–Crippen MR) is 149 cm³/mol. The minimum absolute atomic E-state index is 0.0755. The monoisotopic (exact) mass is 483 g/mol. The fourth-order valence-electron chi connectivity index (χ4n) is 7.40. The van der Waals surface area contributed by atoms with Crippen molar-refractivity contribution in [3.05, 3.63) is 107 Å². The summed E-state index contributed by atoms with van der Waals surface area (Å²) in [6.07, 6.45) is 2.33. The molecule has 8 rings (SSSR count). The minimum Gasteiger partial charge on any atom is -0.354 e. The van der Waals surface area contributed by atoms with Gasteiger partial charge < -0.3 is 10.3 Å². The highest BCUT2D eigenvalue weighted by molar-refractivity contribution is 6.19. The number of H-pyrrole nitrogens is 1. The van der Waals surface area contributed by atoms with E-state index in [9.17, 15) is 4.79 Å². The molecule has 1 atom stereocenters. The van der Waals surface area contributed by atoms with Crippen LogP contribution in [0.15, 0.2) is 78.9 Å². The molecule has 1 saturated heterocycles. The highest BCUT2D eigenvalue weighted by Crippen LogP contribution is 2.56. The van der Waals surface area contributed by atoms with Crippen molar-refractivity contribution in [1.82, 2.24) is 15.2 Å². The van der Waals surface area contributed by atoms with E-state index in [-0.39, 0.29) is 5.91 Å². The zero-order chi connectivity index (χ0) is 24.5. The van der Waals surface area contributed by atoms with Crippen LogP contribution in [0.1, 0.15) is 51.4 Å². The van der Waals surface area contributed by atoms with E-state index in [0.717, 1.165) is 49.1 Å². The Labute approximate surface area is 216 Å². The van der Waals surface area contributed by atoms with Crippen LogP contribution in [0.3, 0.4) is 0 Å². The second-order valence-electron chi connectivity index (χ2n) is 10.9. The molecule has 1 fully saturated rings. The number of hydrogen-bond donors (Lipinski definition) is 2. The third-order valence-electron chi connectivity index (χ3n) is 8.98. The number of carbonyl (C=O) groups excluding carboxylic acids is 1. The number of aromatic nitrogens is 1. The summed E-state index contributed by atoms with van der Waals surface area (Å²) in [5.74, 6) is 0.928. The smallest absolute Gasteiger partial charge is 0.252 e. The van der Waals surface area contributed by atoms with Crippen LogP contribution in [0.25, 0.3) is 32.9 Å². The summed E-state index contributed by atoms with van der Waals surface area (Å²) < 4.78 is 0. The summed E-state index contributed by atoms with van der Waals surface area (Å²) in [6.45, 7) is 3.83. The van der Waals surface area contributed by atoms with Gasteiger partial charge >= 0.3 is 0 Å². The van der Waals surface area contributed by atoms with Crippen molar-refractivity contribution >= 4 is 27.7 Å². The first-order valence-electron chi connectivity index (χ1n) is 13.5. The molecule has 1 unspecified atom stereocenters. The number of amides is 1. The zero-order valence-electron chi connectivity index (χ0n) is 20.8. The lowest BCUT2D eigenvalue weighted by molar-refractivity contribution is 0.0966. The normalized spacial score (nSPS) is 19.2. The quantitative estimate of drug-likeness (QED) is 0.304. The van der Waals surface area contributed by atoms with Gasteiger partial charge in [-0.2, -0.15) is 0 Å². The minimum atomic E-state index is 0.0755. The van der Waals surface area contributed by atoms with Crippen LogP contribution in [0, 0.1) is 5.92 Å². The maximum atomic E-state index is 13.3. The number of nitrogens with one attached hydrogen (secondary N) is 2. The molecule has 0 saturated carbocycles. The number of para-hydroxylation sites is 1. The molecule has 2 N–H and O–H groups in total. The van der Waals surface area contributed by atoms with Gasteiger partial charge in [0, 0.05) is 40.9 Å². The van der Waals surface area contributed by atoms with Crippen molar-refractivity contribution < 1.29 is 4.79 Å². The lowest BCUT2D eigenvalue weighted by Crippen LogP contribution is -2.35. The number of likely N-dealkylation sites (tertiary alicyclic amines) is 1. The van der Waals surface area contributed by atoms with Gasteiger partial charge in [0.2, 0.25) is 0 Å². The van der Waals surface area contributed by atoms with Crippen molar-refractivity contribution in [3.8, 4) is 11.1 Å². The maximum absolute atomic E-state index is 13.3. The molecule has 0 bridgehead atoms. The Hall–Kier alpha value is -3.89. The van der Waals surface area contributed by atoms with E-state index in [4.69, 9.17) is 0 Å². The first-order chi connectivity index (χ1) is 18.3.